The first-order valence-corrected chi connectivity index (χ1v) is 29.6. The van der Waals surface area contributed by atoms with Gasteiger partial charge in [-0.05, 0) is 140 Å². The number of hydrogen-bond donors (Lipinski definition) is 0. The van der Waals surface area contributed by atoms with Gasteiger partial charge in [0.15, 0.2) is 0 Å². The average molecular weight is 1080 g/mol. The number of allylic oxidation sites excluding steroid dienone is 4. The molecule has 0 unspecified atom stereocenters. The van der Waals surface area contributed by atoms with E-state index in [2.05, 4.69) is 328 Å². The maximum absolute atomic E-state index is 2.41. The zero-order valence-corrected chi connectivity index (χ0v) is 49.0. The van der Waals surface area contributed by atoms with Gasteiger partial charge in [-0.3, -0.25) is 0 Å². The molecule has 0 radical (unpaired) electrons. The van der Waals surface area contributed by atoms with Crippen LogP contribution in [-0.4, -0.2) is 0 Å². The molecule has 0 spiro atoms. The fourth-order valence-electron chi connectivity index (χ4n) is 11.8. The van der Waals surface area contributed by atoms with Crippen LogP contribution in [0.5, 0.6) is 0 Å². The van der Waals surface area contributed by atoms with Crippen LogP contribution in [0.2, 0.25) is 0 Å². The molecule has 3 heterocycles. The maximum atomic E-state index is 2.41. The van der Waals surface area contributed by atoms with Crippen molar-refractivity contribution in [2.24, 2.45) is 0 Å². The Kier molecular flexibility index (Phi) is 16.9. The van der Waals surface area contributed by atoms with E-state index in [1.54, 1.807) is 0 Å². The van der Waals surface area contributed by atoms with Crippen molar-refractivity contribution >= 4 is 62.3 Å². The molecule has 0 saturated heterocycles. The lowest BCUT2D eigenvalue weighted by Crippen LogP contribution is -2.11. The molecule has 15 rings (SSSR count). The normalized spacial score (nSPS) is 12.5. The summed E-state index contributed by atoms with van der Waals surface area (Å²) in [4.78, 5) is 7.17. The Morgan fingerprint density at radius 2 is 0.506 bits per heavy atom. The SMILES string of the molecule is CC.CCC.Cc1ccc(N2c3ccccc3-c3ccccc3-c3ccccc32)cc1.Cc1ccc(N2c3ccccc3-c3ccccc3-c3ccccc32)cc1.Cc1ccc(N2c3ccccc3C3=C(CCC=C3)c3ccccc32)cc1. The molecule has 3 heteroatoms. The van der Waals surface area contributed by atoms with Gasteiger partial charge in [0.05, 0.1) is 34.1 Å². The van der Waals surface area contributed by atoms with E-state index < -0.39 is 0 Å². The molecule has 0 atom stereocenters. The molecule has 0 bridgehead atoms. The number of nitrogens with zero attached hydrogens (tertiary/aromatic N) is 3. The lowest BCUT2D eigenvalue weighted by molar-refractivity contribution is 1.06. The Bertz CT molecular complexity index is 3770. The minimum atomic E-state index is 1.10. The molecular formula is C80H73N3. The van der Waals surface area contributed by atoms with Gasteiger partial charge in [-0.1, -0.05) is 257 Å². The van der Waals surface area contributed by atoms with Gasteiger partial charge in [0.1, 0.15) is 0 Å². The summed E-state index contributed by atoms with van der Waals surface area (Å²) in [5, 5.41) is 0. The molecule has 1 aliphatic carbocycles. The van der Waals surface area contributed by atoms with Crippen LogP contribution in [-0.2, 0) is 0 Å². The molecule has 4 aliphatic rings. The summed E-state index contributed by atoms with van der Waals surface area (Å²) >= 11 is 0. The van der Waals surface area contributed by atoms with E-state index >= 15 is 0 Å². The number of aryl methyl sites for hydroxylation is 3. The number of fused-ring (bicyclic) bond motifs is 14. The molecule has 0 saturated carbocycles. The Morgan fingerprint density at radius 3 is 0.807 bits per heavy atom. The van der Waals surface area contributed by atoms with Crippen molar-refractivity contribution in [1.82, 2.24) is 0 Å². The lowest BCUT2D eigenvalue weighted by atomic mass is 9.88. The summed E-state index contributed by atoms with van der Waals surface area (Å²) in [6, 6.07) is 96.1. The van der Waals surface area contributed by atoms with Gasteiger partial charge in [-0.2, -0.15) is 0 Å². The van der Waals surface area contributed by atoms with Crippen molar-refractivity contribution in [1.29, 1.82) is 0 Å². The Hall–Kier alpha value is -9.70. The molecule has 3 nitrogen and oxygen atoms in total. The molecule has 11 aromatic rings. The van der Waals surface area contributed by atoms with Crippen molar-refractivity contribution in [2.75, 3.05) is 14.7 Å². The first-order chi connectivity index (χ1) is 40.9. The smallest absolute Gasteiger partial charge is 0.0540 e. The summed E-state index contributed by atoms with van der Waals surface area (Å²) in [5.74, 6) is 0. The molecule has 83 heavy (non-hydrogen) atoms. The van der Waals surface area contributed by atoms with E-state index in [1.165, 1.54) is 141 Å². The topological polar surface area (TPSA) is 9.72 Å². The highest BCUT2D eigenvalue weighted by Gasteiger charge is 2.29. The van der Waals surface area contributed by atoms with Crippen LogP contribution < -0.4 is 14.7 Å². The predicted octanol–water partition coefficient (Wildman–Crippen LogP) is 23.7. The third-order valence-corrected chi connectivity index (χ3v) is 15.5. The number of hydrogen-bond acceptors (Lipinski definition) is 3. The third kappa shape index (κ3) is 11.1. The maximum Gasteiger partial charge on any atom is 0.0540 e. The highest BCUT2D eigenvalue weighted by molar-refractivity contribution is 6.07. The molecule has 0 amide bonds. The van der Waals surface area contributed by atoms with Crippen molar-refractivity contribution in [3.8, 4) is 44.5 Å². The predicted molar refractivity (Wildman–Crippen MR) is 359 cm³/mol. The minimum Gasteiger partial charge on any atom is -0.309 e. The Morgan fingerprint density at radius 1 is 0.277 bits per heavy atom. The minimum absolute atomic E-state index is 1.10. The van der Waals surface area contributed by atoms with Crippen molar-refractivity contribution in [3.05, 3.63) is 307 Å². The van der Waals surface area contributed by atoms with E-state index in [0.29, 0.717) is 0 Å². The van der Waals surface area contributed by atoms with Gasteiger partial charge >= 0.3 is 0 Å². The van der Waals surface area contributed by atoms with Gasteiger partial charge in [0, 0.05) is 50.4 Å². The second-order valence-electron chi connectivity index (χ2n) is 21.2. The van der Waals surface area contributed by atoms with E-state index in [9.17, 15) is 0 Å². The van der Waals surface area contributed by atoms with Gasteiger partial charge in [0.2, 0.25) is 0 Å². The number of benzene rings is 11. The molecule has 0 N–H and O–H groups in total. The largest absolute Gasteiger partial charge is 0.309 e. The second kappa shape index (κ2) is 25.4. The van der Waals surface area contributed by atoms with E-state index in [-0.39, 0.29) is 0 Å². The fraction of sp³-hybridized carbons (Fsp3) is 0.125. The van der Waals surface area contributed by atoms with Crippen molar-refractivity contribution < 1.29 is 0 Å². The standard InChI is InChI=1S/C25H21N.2C25H19N.C3H8.C2H6/c3*1-18-14-16-19(17-15-18)26-24-12-6-4-10-22(24)20-8-2-3-9-21(20)23-11-5-7-13-25(23)26;1-3-2;1-2/h2,4-8,10-17H,3,9H2,1H3;2*2-17H,1H3;3H2,1-2H3;1-2H3. The summed E-state index contributed by atoms with van der Waals surface area (Å²) in [6.07, 6.45) is 8.08. The second-order valence-corrected chi connectivity index (χ2v) is 21.2. The fourth-order valence-corrected chi connectivity index (χ4v) is 11.8. The van der Waals surface area contributed by atoms with Crippen molar-refractivity contribution in [2.45, 2.75) is 67.7 Å². The monoisotopic (exact) mass is 1080 g/mol. The number of para-hydroxylation sites is 6. The Balaban J connectivity index is 0.000000125. The zero-order chi connectivity index (χ0) is 57.2. The first kappa shape index (κ1) is 55.2. The quantitative estimate of drug-likeness (QED) is 0.175. The summed E-state index contributed by atoms with van der Waals surface area (Å²) in [7, 11) is 0. The highest BCUT2D eigenvalue weighted by atomic mass is 15.2. The number of anilines is 9. The molecule has 3 aliphatic heterocycles. The van der Waals surface area contributed by atoms with E-state index in [0.717, 1.165) is 12.8 Å². The van der Waals surface area contributed by atoms with Gasteiger partial charge < -0.3 is 14.7 Å². The Labute approximate surface area is 493 Å². The summed E-state index contributed by atoms with van der Waals surface area (Å²) in [6.45, 7) is 14.6. The molecule has 0 aromatic heterocycles. The first-order valence-electron chi connectivity index (χ1n) is 29.6. The van der Waals surface area contributed by atoms with Crippen LogP contribution in [0.1, 0.15) is 74.8 Å². The van der Waals surface area contributed by atoms with Gasteiger partial charge in [0.25, 0.3) is 0 Å². The summed E-state index contributed by atoms with van der Waals surface area (Å²) < 4.78 is 0. The van der Waals surface area contributed by atoms with Crippen LogP contribution >= 0.6 is 0 Å². The van der Waals surface area contributed by atoms with Gasteiger partial charge in [-0.25, -0.2) is 0 Å². The van der Waals surface area contributed by atoms with Crippen LogP contribution in [0, 0.1) is 20.8 Å². The molecule has 0 fully saturated rings. The molecule has 408 valence electrons. The van der Waals surface area contributed by atoms with Crippen LogP contribution in [0.15, 0.2) is 279 Å². The van der Waals surface area contributed by atoms with Crippen molar-refractivity contribution in [3.63, 3.8) is 0 Å². The van der Waals surface area contributed by atoms with Crippen LogP contribution in [0.3, 0.4) is 0 Å². The van der Waals surface area contributed by atoms with E-state index in [4.69, 9.17) is 0 Å². The van der Waals surface area contributed by atoms with E-state index in [1.807, 2.05) is 13.8 Å². The van der Waals surface area contributed by atoms with Gasteiger partial charge in [-0.15, -0.1) is 0 Å². The van der Waals surface area contributed by atoms with Crippen LogP contribution in [0.4, 0.5) is 51.2 Å². The third-order valence-electron chi connectivity index (χ3n) is 15.5. The molecule has 11 aromatic carbocycles. The van der Waals surface area contributed by atoms with Crippen LogP contribution in [0.25, 0.3) is 55.7 Å². The summed E-state index contributed by atoms with van der Waals surface area (Å²) in [5.41, 5.74) is 30.5. The molecular weight excluding hydrogens is 1000 g/mol. The average Bonchev–Trinajstić information content (AvgIpc) is 4.11. The zero-order valence-electron chi connectivity index (χ0n) is 49.0. The number of rotatable bonds is 3. The lowest BCUT2D eigenvalue weighted by Gasteiger charge is -2.27. The highest BCUT2D eigenvalue weighted by Crippen LogP contribution is 2.53.